The maximum absolute atomic E-state index is 9.52. The van der Waals surface area contributed by atoms with E-state index in [1.807, 2.05) is 31.2 Å². The number of nitrogens with zero attached hydrogens (tertiary/aromatic N) is 1. The van der Waals surface area contributed by atoms with Crippen LogP contribution in [0.15, 0.2) is 42.5 Å². The van der Waals surface area contributed by atoms with Gasteiger partial charge in [0.25, 0.3) is 0 Å². The summed E-state index contributed by atoms with van der Waals surface area (Å²) in [7, 11) is 1.60. The highest BCUT2D eigenvalue weighted by Gasteiger charge is 2.17. The lowest BCUT2D eigenvalue weighted by Crippen LogP contribution is -2.03. The van der Waals surface area contributed by atoms with Crippen molar-refractivity contribution in [3.05, 3.63) is 58.6 Å². The first-order valence-corrected chi connectivity index (χ1v) is 7.50. The van der Waals surface area contributed by atoms with Crippen LogP contribution in [0.1, 0.15) is 24.0 Å². The number of hydrogen-bond acceptors (Lipinski definition) is 3. The molecule has 0 saturated heterocycles. The van der Waals surface area contributed by atoms with Crippen molar-refractivity contribution >= 4 is 11.6 Å². The van der Waals surface area contributed by atoms with Gasteiger partial charge in [0.15, 0.2) is 0 Å². The maximum Gasteiger partial charge on any atom is 0.123 e. The average Bonchev–Trinajstić information content (AvgIpc) is 2.54. The van der Waals surface area contributed by atoms with Gasteiger partial charge in [0.1, 0.15) is 11.5 Å². The van der Waals surface area contributed by atoms with Crippen LogP contribution in [0.25, 0.3) is 0 Å². The van der Waals surface area contributed by atoms with Crippen molar-refractivity contribution in [3.8, 4) is 17.6 Å². The zero-order valence-electron chi connectivity index (χ0n) is 12.7. The molecule has 1 unspecified atom stereocenters. The Kier molecular flexibility index (Phi) is 5.68. The summed E-state index contributed by atoms with van der Waals surface area (Å²) in [4.78, 5) is 0. The van der Waals surface area contributed by atoms with Gasteiger partial charge in [-0.3, -0.25) is 0 Å². The molecule has 0 fully saturated rings. The Labute approximate surface area is 136 Å². The molecule has 0 aliphatic rings. The molecule has 0 aliphatic carbocycles. The SMILES string of the molecule is CCOc1ccc(CC(C#N)c2cc(Cl)ccc2OC)cc1. The molecule has 1 atom stereocenters. The fourth-order valence-electron chi connectivity index (χ4n) is 2.33. The van der Waals surface area contributed by atoms with Gasteiger partial charge in [-0.05, 0) is 49.2 Å². The molecule has 0 radical (unpaired) electrons. The summed E-state index contributed by atoms with van der Waals surface area (Å²) in [5.74, 6) is 1.20. The quantitative estimate of drug-likeness (QED) is 0.782. The van der Waals surface area contributed by atoms with E-state index in [0.29, 0.717) is 23.8 Å². The van der Waals surface area contributed by atoms with E-state index in [-0.39, 0.29) is 5.92 Å². The maximum atomic E-state index is 9.52. The molecule has 0 spiro atoms. The summed E-state index contributed by atoms with van der Waals surface area (Å²) in [5.41, 5.74) is 1.88. The van der Waals surface area contributed by atoms with Gasteiger partial charge in [0.2, 0.25) is 0 Å². The van der Waals surface area contributed by atoms with E-state index in [0.717, 1.165) is 16.9 Å². The number of hydrogen-bond donors (Lipinski definition) is 0. The standard InChI is InChI=1S/C18H18ClNO2/c1-3-22-16-7-4-13(5-8-16)10-14(12-20)17-11-15(19)6-9-18(17)21-2/h4-9,11,14H,3,10H2,1-2H3. The van der Waals surface area contributed by atoms with E-state index in [1.165, 1.54) is 0 Å². The van der Waals surface area contributed by atoms with E-state index >= 15 is 0 Å². The third kappa shape index (κ3) is 3.93. The van der Waals surface area contributed by atoms with Gasteiger partial charge in [-0.15, -0.1) is 0 Å². The van der Waals surface area contributed by atoms with Crippen molar-refractivity contribution in [1.82, 2.24) is 0 Å². The molecule has 2 rings (SSSR count). The lowest BCUT2D eigenvalue weighted by molar-refractivity contribution is 0.340. The van der Waals surface area contributed by atoms with Crippen molar-refractivity contribution in [3.63, 3.8) is 0 Å². The summed E-state index contributed by atoms with van der Waals surface area (Å²) < 4.78 is 10.8. The second-order valence-electron chi connectivity index (χ2n) is 4.85. The zero-order valence-corrected chi connectivity index (χ0v) is 13.4. The molecule has 0 aromatic heterocycles. The smallest absolute Gasteiger partial charge is 0.123 e. The van der Waals surface area contributed by atoms with Gasteiger partial charge in [0.05, 0.1) is 25.7 Å². The molecular formula is C18H18ClNO2. The molecule has 114 valence electrons. The highest BCUT2D eigenvalue weighted by atomic mass is 35.5. The van der Waals surface area contributed by atoms with Gasteiger partial charge < -0.3 is 9.47 Å². The molecular weight excluding hydrogens is 298 g/mol. The summed E-state index contributed by atoms with van der Waals surface area (Å²) >= 11 is 6.05. The van der Waals surface area contributed by atoms with E-state index in [9.17, 15) is 5.26 Å². The van der Waals surface area contributed by atoms with Crippen molar-refractivity contribution in [2.24, 2.45) is 0 Å². The van der Waals surface area contributed by atoms with Crippen LogP contribution >= 0.6 is 11.6 Å². The number of halogens is 1. The summed E-state index contributed by atoms with van der Waals surface area (Å²) in [6, 6.07) is 15.5. The zero-order chi connectivity index (χ0) is 15.9. The van der Waals surface area contributed by atoms with Gasteiger partial charge in [0, 0.05) is 10.6 Å². The van der Waals surface area contributed by atoms with Gasteiger partial charge in [-0.25, -0.2) is 0 Å². The Morgan fingerprint density at radius 1 is 1.18 bits per heavy atom. The lowest BCUT2D eigenvalue weighted by Gasteiger charge is -2.14. The number of methoxy groups -OCH3 is 1. The lowest BCUT2D eigenvalue weighted by atomic mass is 9.92. The third-order valence-corrected chi connectivity index (χ3v) is 3.63. The second-order valence-corrected chi connectivity index (χ2v) is 5.29. The van der Waals surface area contributed by atoms with Crippen molar-refractivity contribution in [2.45, 2.75) is 19.3 Å². The molecule has 0 saturated carbocycles. The number of ether oxygens (including phenoxy) is 2. The van der Waals surface area contributed by atoms with Crippen molar-refractivity contribution in [2.75, 3.05) is 13.7 Å². The van der Waals surface area contributed by atoms with Crippen molar-refractivity contribution < 1.29 is 9.47 Å². The summed E-state index contributed by atoms with van der Waals surface area (Å²) in [5, 5.41) is 10.1. The fourth-order valence-corrected chi connectivity index (χ4v) is 2.51. The molecule has 22 heavy (non-hydrogen) atoms. The molecule has 0 heterocycles. The van der Waals surface area contributed by atoms with Crippen LogP contribution in [0, 0.1) is 11.3 Å². The van der Waals surface area contributed by atoms with Gasteiger partial charge >= 0.3 is 0 Å². The van der Waals surface area contributed by atoms with E-state index in [1.54, 1.807) is 25.3 Å². The summed E-state index contributed by atoms with van der Waals surface area (Å²) in [6.45, 7) is 2.59. The molecule has 0 bridgehead atoms. The van der Waals surface area contributed by atoms with E-state index in [2.05, 4.69) is 6.07 Å². The first-order chi connectivity index (χ1) is 10.7. The Hall–Kier alpha value is -2.18. The van der Waals surface area contributed by atoms with Crippen LogP contribution in [0.4, 0.5) is 0 Å². The molecule has 2 aromatic rings. The first kappa shape index (κ1) is 16.2. The highest BCUT2D eigenvalue weighted by molar-refractivity contribution is 6.30. The van der Waals surface area contributed by atoms with Crippen LogP contribution in [0.2, 0.25) is 5.02 Å². The molecule has 0 amide bonds. The minimum Gasteiger partial charge on any atom is -0.496 e. The average molecular weight is 316 g/mol. The highest BCUT2D eigenvalue weighted by Crippen LogP contribution is 2.31. The van der Waals surface area contributed by atoms with Gasteiger partial charge in [-0.2, -0.15) is 5.26 Å². The molecule has 3 nitrogen and oxygen atoms in total. The van der Waals surface area contributed by atoms with E-state index < -0.39 is 0 Å². The van der Waals surface area contributed by atoms with Crippen LogP contribution < -0.4 is 9.47 Å². The van der Waals surface area contributed by atoms with Crippen LogP contribution in [-0.2, 0) is 6.42 Å². The molecule has 0 aliphatic heterocycles. The third-order valence-electron chi connectivity index (χ3n) is 3.40. The molecule has 4 heteroatoms. The van der Waals surface area contributed by atoms with Crippen LogP contribution in [-0.4, -0.2) is 13.7 Å². The predicted molar refractivity (Wildman–Crippen MR) is 87.7 cm³/mol. The Balaban J connectivity index is 2.22. The van der Waals surface area contributed by atoms with Crippen LogP contribution in [0.3, 0.4) is 0 Å². The largest absolute Gasteiger partial charge is 0.496 e. The number of nitriles is 1. The summed E-state index contributed by atoms with van der Waals surface area (Å²) in [6.07, 6.45) is 0.597. The minimum absolute atomic E-state index is 0.313. The first-order valence-electron chi connectivity index (χ1n) is 7.12. The molecule has 0 N–H and O–H groups in total. The monoisotopic (exact) mass is 315 g/mol. The Morgan fingerprint density at radius 3 is 2.50 bits per heavy atom. The van der Waals surface area contributed by atoms with Crippen LogP contribution in [0.5, 0.6) is 11.5 Å². The Morgan fingerprint density at radius 2 is 1.91 bits per heavy atom. The Bertz CT molecular complexity index is 662. The van der Waals surface area contributed by atoms with Gasteiger partial charge in [-0.1, -0.05) is 23.7 Å². The topological polar surface area (TPSA) is 42.2 Å². The number of rotatable bonds is 6. The molecule has 2 aromatic carbocycles. The number of benzene rings is 2. The second kappa shape index (κ2) is 7.72. The van der Waals surface area contributed by atoms with Crippen molar-refractivity contribution in [1.29, 1.82) is 5.26 Å². The predicted octanol–water partition coefficient (Wildman–Crippen LogP) is 4.60. The fraction of sp³-hybridized carbons (Fsp3) is 0.278. The minimum atomic E-state index is -0.313. The normalized spacial score (nSPS) is 11.5. The van der Waals surface area contributed by atoms with E-state index in [4.69, 9.17) is 21.1 Å².